The van der Waals surface area contributed by atoms with Gasteiger partial charge < -0.3 is 34.8 Å². The molecule has 5 atom stereocenters. The van der Waals surface area contributed by atoms with Gasteiger partial charge in [-0.2, -0.15) is 0 Å². The van der Waals surface area contributed by atoms with E-state index >= 15 is 4.39 Å². The molecular formula is C26H32FNO6. The van der Waals surface area contributed by atoms with Gasteiger partial charge in [-0.15, -0.1) is 0 Å². The molecule has 3 aromatic rings. The summed E-state index contributed by atoms with van der Waals surface area (Å²) in [5.41, 5.74) is 2.56. The number of nitrogens with zero attached hydrogens (tertiary/aromatic N) is 1. The second-order valence-electron chi connectivity index (χ2n) is 9.91. The van der Waals surface area contributed by atoms with Gasteiger partial charge >= 0.3 is 0 Å². The van der Waals surface area contributed by atoms with E-state index in [0.29, 0.717) is 35.0 Å². The average Bonchev–Trinajstić information content (AvgIpc) is 3.10. The Bertz CT molecular complexity index is 1150. The third kappa shape index (κ3) is 4.88. The topological polar surface area (TPSA) is 115 Å². The van der Waals surface area contributed by atoms with E-state index in [9.17, 15) is 25.5 Å². The Kier molecular flexibility index (Phi) is 6.83. The summed E-state index contributed by atoms with van der Waals surface area (Å²) in [5, 5.41) is 51.2. The van der Waals surface area contributed by atoms with E-state index in [0.717, 1.165) is 11.1 Å². The number of aromatic nitrogens is 1. The Morgan fingerprint density at radius 1 is 1.00 bits per heavy atom. The molecule has 0 radical (unpaired) electrons. The van der Waals surface area contributed by atoms with Crippen LogP contribution in [0.4, 0.5) is 4.39 Å². The van der Waals surface area contributed by atoms with Gasteiger partial charge in [0, 0.05) is 30.1 Å². The summed E-state index contributed by atoms with van der Waals surface area (Å²) < 4.78 is 22.6. The van der Waals surface area contributed by atoms with Crippen molar-refractivity contribution in [1.29, 1.82) is 0 Å². The van der Waals surface area contributed by atoms with Gasteiger partial charge in [-0.25, -0.2) is 4.39 Å². The van der Waals surface area contributed by atoms with Crippen LogP contribution in [0.3, 0.4) is 0 Å². The zero-order valence-electron chi connectivity index (χ0n) is 19.5. The van der Waals surface area contributed by atoms with Crippen molar-refractivity contribution in [3.05, 3.63) is 70.7 Å². The number of aliphatic hydroxyl groups excluding tert-OH is 4. The highest BCUT2D eigenvalue weighted by Gasteiger charge is 2.45. The Morgan fingerprint density at radius 3 is 2.26 bits per heavy atom. The summed E-state index contributed by atoms with van der Waals surface area (Å²) in [4.78, 5) is 0. The van der Waals surface area contributed by atoms with Crippen LogP contribution in [0.25, 0.3) is 10.9 Å². The van der Waals surface area contributed by atoms with E-state index in [2.05, 4.69) is 0 Å². The molecule has 1 saturated heterocycles. The highest BCUT2D eigenvalue weighted by Crippen LogP contribution is 2.38. The van der Waals surface area contributed by atoms with Crippen molar-refractivity contribution >= 4 is 10.9 Å². The molecule has 1 fully saturated rings. The molecule has 0 amide bonds. The maximum atomic E-state index is 15.1. The SMILES string of the molecule is Cc1cc(F)c2c(c1)c([C@@H]1O[C@H](CO)[C@@H](O)[C@H](O)[C@H]1O)cn2Cc1ccc(CC(C)(C)O)cc1. The number of hydrogen-bond donors (Lipinski definition) is 5. The van der Waals surface area contributed by atoms with Gasteiger partial charge in [-0.05, 0) is 49.6 Å². The largest absolute Gasteiger partial charge is 0.394 e. The molecule has 1 aromatic heterocycles. The van der Waals surface area contributed by atoms with Crippen molar-refractivity contribution in [2.75, 3.05) is 6.61 Å². The lowest BCUT2D eigenvalue weighted by Gasteiger charge is -2.40. The standard InChI is InChI=1S/C26H32FNO6/c1-14-8-17-18(25-24(32)23(31)22(30)20(13-29)34-25)12-28(21(17)19(27)9-14)11-16-6-4-15(5-7-16)10-26(2,3)33/h4-9,12,20,22-25,29-33H,10-11,13H2,1-3H3/t20-,22-,23+,24-,25+/m1/s1. The molecule has 1 aliphatic heterocycles. The molecule has 0 bridgehead atoms. The first-order valence-corrected chi connectivity index (χ1v) is 11.4. The van der Waals surface area contributed by atoms with Crippen molar-refractivity contribution in [2.45, 2.75) is 69.9 Å². The fourth-order valence-electron chi connectivity index (χ4n) is 4.72. The average molecular weight is 474 g/mol. The van der Waals surface area contributed by atoms with Gasteiger partial charge in [0.25, 0.3) is 0 Å². The minimum Gasteiger partial charge on any atom is -0.394 e. The predicted molar refractivity (Wildman–Crippen MR) is 125 cm³/mol. The minimum absolute atomic E-state index is 0.332. The molecule has 0 spiro atoms. The predicted octanol–water partition coefficient (Wildman–Crippen LogP) is 1.97. The first-order chi connectivity index (χ1) is 16.0. The number of aliphatic hydroxyl groups is 5. The second kappa shape index (κ2) is 9.37. The van der Waals surface area contributed by atoms with E-state index < -0.39 is 48.5 Å². The van der Waals surface area contributed by atoms with Gasteiger partial charge in [0.1, 0.15) is 36.3 Å². The molecule has 2 aromatic carbocycles. The smallest absolute Gasteiger partial charge is 0.147 e. The van der Waals surface area contributed by atoms with Crippen LogP contribution in [0.15, 0.2) is 42.6 Å². The van der Waals surface area contributed by atoms with Gasteiger partial charge in [0.2, 0.25) is 0 Å². The fourth-order valence-corrected chi connectivity index (χ4v) is 4.72. The van der Waals surface area contributed by atoms with Crippen molar-refractivity contribution in [3.63, 3.8) is 0 Å². The Balaban J connectivity index is 1.73. The van der Waals surface area contributed by atoms with Crippen LogP contribution in [0.5, 0.6) is 0 Å². The summed E-state index contributed by atoms with van der Waals surface area (Å²) in [7, 11) is 0. The Morgan fingerprint density at radius 2 is 1.65 bits per heavy atom. The second-order valence-corrected chi connectivity index (χ2v) is 9.91. The summed E-state index contributed by atoms with van der Waals surface area (Å²) in [6, 6.07) is 10.9. The molecule has 7 nitrogen and oxygen atoms in total. The lowest BCUT2D eigenvalue weighted by Crippen LogP contribution is -2.55. The van der Waals surface area contributed by atoms with Gasteiger partial charge in [-0.3, -0.25) is 0 Å². The fraction of sp³-hybridized carbons (Fsp3) is 0.462. The van der Waals surface area contributed by atoms with E-state index in [1.807, 2.05) is 24.3 Å². The highest BCUT2D eigenvalue weighted by atomic mass is 19.1. The molecule has 1 aliphatic rings. The first-order valence-electron chi connectivity index (χ1n) is 11.4. The maximum Gasteiger partial charge on any atom is 0.147 e. The summed E-state index contributed by atoms with van der Waals surface area (Å²) in [6.45, 7) is 5.07. The van der Waals surface area contributed by atoms with Gasteiger partial charge in [-0.1, -0.05) is 24.3 Å². The van der Waals surface area contributed by atoms with Crippen LogP contribution in [-0.2, 0) is 17.7 Å². The molecular weight excluding hydrogens is 441 g/mol. The molecule has 4 rings (SSSR count). The maximum absolute atomic E-state index is 15.1. The number of aryl methyl sites for hydroxylation is 1. The Labute approximate surface area is 197 Å². The Hall–Kier alpha value is -2.33. The van der Waals surface area contributed by atoms with Crippen LogP contribution >= 0.6 is 0 Å². The molecule has 34 heavy (non-hydrogen) atoms. The van der Waals surface area contributed by atoms with Crippen molar-refractivity contribution in [1.82, 2.24) is 4.57 Å². The van der Waals surface area contributed by atoms with Crippen LogP contribution < -0.4 is 0 Å². The van der Waals surface area contributed by atoms with Crippen molar-refractivity contribution in [2.24, 2.45) is 0 Å². The number of halogens is 1. The van der Waals surface area contributed by atoms with Crippen molar-refractivity contribution < 1.29 is 34.7 Å². The molecule has 184 valence electrons. The van der Waals surface area contributed by atoms with E-state index in [1.54, 1.807) is 37.6 Å². The number of benzene rings is 2. The summed E-state index contributed by atoms with van der Waals surface area (Å²) in [6.07, 6.45) is -4.37. The summed E-state index contributed by atoms with van der Waals surface area (Å²) in [5.74, 6) is -0.426. The van der Waals surface area contributed by atoms with E-state index in [1.165, 1.54) is 6.07 Å². The number of fused-ring (bicyclic) bond motifs is 1. The summed E-state index contributed by atoms with van der Waals surface area (Å²) >= 11 is 0. The molecule has 0 unspecified atom stereocenters. The number of ether oxygens (including phenoxy) is 1. The minimum atomic E-state index is -1.52. The van der Waals surface area contributed by atoms with Crippen LogP contribution in [0.2, 0.25) is 0 Å². The number of rotatable bonds is 6. The van der Waals surface area contributed by atoms with Crippen LogP contribution in [-0.4, -0.2) is 66.7 Å². The van der Waals surface area contributed by atoms with E-state index in [4.69, 9.17) is 4.74 Å². The van der Waals surface area contributed by atoms with Crippen LogP contribution in [0.1, 0.15) is 42.2 Å². The zero-order chi connectivity index (χ0) is 24.8. The normalized spacial score (nSPS) is 25.7. The molecule has 0 saturated carbocycles. The third-order valence-corrected chi connectivity index (χ3v) is 6.31. The zero-order valence-corrected chi connectivity index (χ0v) is 19.5. The van der Waals surface area contributed by atoms with Gasteiger partial charge in [0.05, 0.1) is 17.7 Å². The molecule has 2 heterocycles. The molecule has 5 N–H and O–H groups in total. The van der Waals surface area contributed by atoms with Crippen LogP contribution in [0, 0.1) is 12.7 Å². The monoisotopic (exact) mass is 473 g/mol. The third-order valence-electron chi connectivity index (χ3n) is 6.31. The lowest BCUT2D eigenvalue weighted by atomic mass is 9.91. The molecule has 0 aliphatic carbocycles. The van der Waals surface area contributed by atoms with Crippen molar-refractivity contribution in [3.8, 4) is 0 Å². The quantitative estimate of drug-likeness (QED) is 0.374. The lowest BCUT2D eigenvalue weighted by molar-refractivity contribution is -0.231. The first kappa shape index (κ1) is 24.8. The molecule has 8 heteroatoms. The van der Waals surface area contributed by atoms with E-state index in [-0.39, 0.29) is 0 Å². The number of hydrogen-bond acceptors (Lipinski definition) is 6. The van der Waals surface area contributed by atoms with Gasteiger partial charge in [0.15, 0.2) is 0 Å². The highest BCUT2D eigenvalue weighted by molar-refractivity contribution is 5.86.